The Balaban J connectivity index is 2.42. The summed E-state index contributed by atoms with van der Waals surface area (Å²) >= 11 is 0. The fourth-order valence-electron chi connectivity index (χ4n) is 1.76. The van der Waals surface area contributed by atoms with Crippen LogP contribution < -0.4 is 5.32 Å². The Morgan fingerprint density at radius 2 is 2.16 bits per heavy atom. The van der Waals surface area contributed by atoms with Gasteiger partial charge in [-0.25, -0.2) is 4.79 Å². The maximum Gasteiger partial charge on any atom is 0.358 e. The first kappa shape index (κ1) is 12.8. The third kappa shape index (κ3) is 2.80. The number of rotatable bonds is 4. The summed E-state index contributed by atoms with van der Waals surface area (Å²) in [6, 6.07) is 7.30. The average molecular weight is 255 g/mol. The highest BCUT2D eigenvalue weighted by Gasteiger charge is 2.15. The first-order valence-corrected chi connectivity index (χ1v) is 5.86. The van der Waals surface area contributed by atoms with Crippen LogP contribution in [0.15, 0.2) is 24.3 Å². The molecule has 0 aliphatic heterocycles. The number of nitrogens with one attached hydrogen (secondary N) is 1. The first-order chi connectivity index (χ1) is 9.24. The Hall–Kier alpha value is -2.61. The third-order valence-corrected chi connectivity index (χ3v) is 2.60. The molecule has 0 aliphatic carbocycles. The molecule has 0 spiro atoms. The number of hydrogen-bond acceptors (Lipinski definition) is 4. The zero-order valence-electron chi connectivity index (χ0n) is 10.5. The summed E-state index contributed by atoms with van der Waals surface area (Å²) < 4.78 is 0. The zero-order valence-corrected chi connectivity index (χ0v) is 10.5. The van der Waals surface area contributed by atoms with Crippen molar-refractivity contribution in [3.05, 3.63) is 30.0 Å². The van der Waals surface area contributed by atoms with Crippen molar-refractivity contribution in [2.24, 2.45) is 0 Å². The van der Waals surface area contributed by atoms with E-state index in [1.54, 1.807) is 13.0 Å². The molecule has 2 aromatic rings. The van der Waals surface area contributed by atoms with Gasteiger partial charge in [-0.05, 0) is 13.0 Å². The van der Waals surface area contributed by atoms with Crippen molar-refractivity contribution in [1.29, 1.82) is 0 Å². The minimum absolute atomic E-state index is 0.0665. The third-order valence-electron chi connectivity index (χ3n) is 2.60. The highest BCUT2D eigenvalue weighted by Crippen LogP contribution is 2.24. The van der Waals surface area contributed by atoms with Crippen LogP contribution in [0.3, 0.4) is 0 Å². The summed E-state index contributed by atoms with van der Waals surface area (Å²) in [4.78, 5) is 11.2. The number of aromatic nitrogens is 2. The van der Waals surface area contributed by atoms with E-state index in [1.807, 2.05) is 18.2 Å². The molecule has 2 N–H and O–H groups in total. The van der Waals surface area contributed by atoms with Gasteiger partial charge >= 0.3 is 5.97 Å². The Kier molecular flexibility index (Phi) is 3.94. The van der Waals surface area contributed by atoms with Crippen LogP contribution in [-0.2, 0) is 0 Å². The Bertz CT molecular complexity index is 671. The minimum Gasteiger partial charge on any atom is -0.476 e. The molecular weight excluding hydrogens is 242 g/mol. The summed E-state index contributed by atoms with van der Waals surface area (Å²) in [5, 5.41) is 20.7. The minimum atomic E-state index is -1.10. The molecule has 5 heteroatoms. The van der Waals surface area contributed by atoms with Crippen molar-refractivity contribution < 1.29 is 9.90 Å². The van der Waals surface area contributed by atoms with E-state index in [2.05, 4.69) is 27.4 Å². The number of hydrogen-bond donors (Lipinski definition) is 2. The Labute approximate surface area is 110 Å². The van der Waals surface area contributed by atoms with Crippen LogP contribution in [0.2, 0.25) is 0 Å². The van der Waals surface area contributed by atoms with Gasteiger partial charge in [0.25, 0.3) is 0 Å². The summed E-state index contributed by atoms with van der Waals surface area (Å²) in [6.07, 6.45) is 0.645. The van der Waals surface area contributed by atoms with Crippen molar-refractivity contribution in [1.82, 2.24) is 10.2 Å². The fraction of sp³-hybridized carbons (Fsp3) is 0.214. The van der Waals surface area contributed by atoms with Crippen LogP contribution in [0.5, 0.6) is 0 Å². The van der Waals surface area contributed by atoms with E-state index in [-0.39, 0.29) is 5.69 Å². The lowest BCUT2D eigenvalue weighted by Gasteiger charge is -2.10. The average Bonchev–Trinajstić information content (AvgIpc) is 2.43. The van der Waals surface area contributed by atoms with E-state index in [0.29, 0.717) is 24.2 Å². The summed E-state index contributed by atoms with van der Waals surface area (Å²) in [5.41, 5.74) is 1.09. The summed E-state index contributed by atoms with van der Waals surface area (Å²) in [5.74, 6) is 4.62. The predicted molar refractivity (Wildman–Crippen MR) is 73.1 cm³/mol. The summed E-state index contributed by atoms with van der Waals surface area (Å²) in [7, 11) is 0. The van der Waals surface area contributed by atoms with Gasteiger partial charge in [0.15, 0.2) is 5.69 Å². The lowest BCUT2D eigenvalue weighted by Crippen LogP contribution is -2.11. The number of carbonyl (C=O) groups is 1. The van der Waals surface area contributed by atoms with Gasteiger partial charge in [0.05, 0.1) is 11.2 Å². The van der Waals surface area contributed by atoms with Crippen molar-refractivity contribution in [3.63, 3.8) is 0 Å². The van der Waals surface area contributed by atoms with Gasteiger partial charge in [0.2, 0.25) is 0 Å². The molecule has 96 valence electrons. The molecule has 0 unspecified atom stereocenters. The van der Waals surface area contributed by atoms with Gasteiger partial charge in [0.1, 0.15) is 0 Å². The lowest BCUT2D eigenvalue weighted by molar-refractivity contribution is 0.0690. The van der Waals surface area contributed by atoms with E-state index in [0.717, 1.165) is 5.39 Å². The molecule has 0 saturated heterocycles. The Morgan fingerprint density at radius 3 is 2.89 bits per heavy atom. The molecule has 0 amide bonds. The highest BCUT2D eigenvalue weighted by atomic mass is 16.4. The number of benzene rings is 1. The lowest BCUT2D eigenvalue weighted by atomic mass is 10.1. The first-order valence-electron chi connectivity index (χ1n) is 5.86. The van der Waals surface area contributed by atoms with Gasteiger partial charge < -0.3 is 10.4 Å². The number of anilines is 1. The largest absolute Gasteiger partial charge is 0.476 e. The maximum absolute atomic E-state index is 11.2. The molecule has 1 heterocycles. The van der Waals surface area contributed by atoms with Gasteiger partial charge in [-0.1, -0.05) is 18.2 Å². The zero-order chi connectivity index (χ0) is 13.7. The maximum atomic E-state index is 11.2. The van der Waals surface area contributed by atoms with Gasteiger partial charge in [0, 0.05) is 18.4 Å². The second kappa shape index (κ2) is 5.83. The Morgan fingerprint density at radius 1 is 1.37 bits per heavy atom. The molecule has 0 saturated carbocycles. The highest BCUT2D eigenvalue weighted by molar-refractivity contribution is 6.02. The SMILES string of the molecule is CC#CCCNc1c(C(=O)O)nnc2ccccc12. The molecule has 1 aromatic carbocycles. The van der Waals surface area contributed by atoms with E-state index < -0.39 is 5.97 Å². The second-order valence-electron chi connectivity index (χ2n) is 3.85. The smallest absolute Gasteiger partial charge is 0.358 e. The van der Waals surface area contributed by atoms with E-state index in [1.165, 1.54) is 0 Å². The molecule has 0 atom stereocenters. The van der Waals surface area contributed by atoms with Crippen molar-refractivity contribution in [3.8, 4) is 11.8 Å². The van der Waals surface area contributed by atoms with Crippen LogP contribution in [0.25, 0.3) is 10.9 Å². The van der Waals surface area contributed by atoms with Crippen molar-refractivity contribution in [2.75, 3.05) is 11.9 Å². The van der Waals surface area contributed by atoms with Crippen LogP contribution >= 0.6 is 0 Å². The van der Waals surface area contributed by atoms with Crippen molar-refractivity contribution in [2.45, 2.75) is 13.3 Å². The molecule has 0 bridgehead atoms. The summed E-state index contributed by atoms with van der Waals surface area (Å²) in [6.45, 7) is 2.34. The number of carboxylic acid groups (broad SMARTS) is 1. The molecule has 0 radical (unpaired) electrons. The van der Waals surface area contributed by atoms with Crippen LogP contribution in [0.4, 0.5) is 5.69 Å². The van der Waals surface area contributed by atoms with Crippen LogP contribution in [0, 0.1) is 11.8 Å². The number of aromatic carboxylic acids is 1. The van der Waals surface area contributed by atoms with Crippen LogP contribution in [-0.4, -0.2) is 27.8 Å². The molecule has 1 aromatic heterocycles. The normalized spacial score (nSPS) is 9.74. The van der Waals surface area contributed by atoms with E-state index in [9.17, 15) is 4.79 Å². The topological polar surface area (TPSA) is 75.1 Å². The molecule has 5 nitrogen and oxygen atoms in total. The standard InChI is InChI=1S/C14H13N3O2/c1-2-3-6-9-15-12-10-7-4-5-8-11(10)16-17-13(12)14(18)19/h4-5,7-8H,6,9H2,1H3,(H,15,16)(H,18,19). The molecular formula is C14H13N3O2. The number of carboxylic acids is 1. The molecule has 2 rings (SSSR count). The number of fused-ring (bicyclic) bond motifs is 1. The van der Waals surface area contributed by atoms with Crippen molar-refractivity contribution >= 4 is 22.6 Å². The van der Waals surface area contributed by atoms with Gasteiger partial charge in [-0.3, -0.25) is 0 Å². The number of nitrogens with zero attached hydrogens (tertiary/aromatic N) is 2. The molecule has 19 heavy (non-hydrogen) atoms. The van der Waals surface area contributed by atoms with E-state index in [4.69, 9.17) is 5.11 Å². The van der Waals surface area contributed by atoms with Gasteiger partial charge in [-0.2, -0.15) is 0 Å². The van der Waals surface area contributed by atoms with E-state index >= 15 is 0 Å². The quantitative estimate of drug-likeness (QED) is 0.646. The van der Waals surface area contributed by atoms with Crippen LogP contribution in [0.1, 0.15) is 23.8 Å². The predicted octanol–water partition coefficient (Wildman–Crippen LogP) is 2.15. The van der Waals surface area contributed by atoms with Gasteiger partial charge in [-0.15, -0.1) is 22.0 Å². The molecule has 0 fully saturated rings. The fourth-order valence-corrected chi connectivity index (χ4v) is 1.76. The molecule has 0 aliphatic rings. The monoisotopic (exact) mass is 255 g/mol. The second-order valence-corrected chi connectivity index (χ2v) is 3.85.